The first-order chi connectivity index (χ1) is 7.58. The van der Waals surface area contributed by atoms with Crippen LogP contribution < -0.4 is 0 Å². The fraction of sp³-hybridized carbons (Fsp3) is 0.917. The summed E-state index contributed by atoms with van der Waals surface area (Å²) in [4.78, 5) is 14.0. The van der Waals surface area contributed by atoms with Crippen molar-refractivity contribution in [2.45, 2.75) is 44.8 Å². The highest BCUT2D eigenvalue weighted by atomic mass is 32.1. The Morgan fingerprint density at radius 2 is 2.25 bits per heavy atom. The second-order valence-corrected chi connectivity index (χ2v) is 5.59. The molecule has 1 aliphatic heterocycles. The van der Waals surface area contributed by atoms with Crippen molar-refractivity contribution >= 4 is 18.5 Å². The molecule has 92 valence electrons. The first-order valence-electron chi connectivity index (χ1n) is 6.06. The lowest BCUT2D eigenvalue weighted by Crippen LogP contribution is -2.41. The van der Waals surface area contributed by atoms with Gasteiger partial charge in [-0.25, -0.2) is 0 Å². The summed E-state index contributed by atoms with van der Waals surface area (Å²) in [5.74, 6) is 1.09. The Hall–Kier alpha value is -0.220. The predicted molar refractivity (Wildman–Crippen MR) is 66.7 cm³/mol. The van der Waals surface area contributed by atoms with E-state index in [2.05, 4.69) is 12.6 Å². The number of likely N-dealkylation sites (N-methyl/N-ethyl adjacent to an activating group) is 1. The smallest absolute Gasteiger partial charge is 0.223 e. The molecule has 1 saturated heterocycles. The van der Waals surface area contributed by atoms with Crippen LogP contribution in [0, 0.1) is 5.41 Å². The molecule has 0 N–H and O–H groups in total. The van der Waals surface area contributed by atoms with Gasteiger partial charge in [0.1, 0.15) is 0 Å². The van der Waals surface area contributed by atoms with Crippen LogP contribution in [0.4, 0.5) is 0 Å². The Morgan fingerprint density at radius 3 is 2.69 bits per heavy atom. The Labute approximate surface area is 103 Å². The van der Waals surface area contributed by atoms with Crippen LogP contribution in [0.25, 0.3) is 0 Å². The fourth-order valence-electron chi connectivity index (χ4n) is 2.43. The van der Waals surface area contributed by atoms with Crippen molar-refractivity contribution in [3.8, 4) is 0 Å². The minimum atomic E-state index is 0.181. The average molecular weight is 243 g/mol. The second-order valence-electron chi connectivity index (χ2n) is 5.27. The molecule has 1 amide bonds. The zero-order valence-electron chi connectivity index (χ0n) is 10.1. The van der Waals surface area contributed by atoms with Crippen molar-refractivity contribution in [1.82, 2.24) is 4.90 Å². The van der Waals surface area contributed by atoms with Gasteiger partial charge in [-0.3, -0.25) is 4.79 Å². The van der Waals surface area contributed by atoms with Gasteiger partial charge in [0.15, 0.2) is 0 Å². The van der Waals surface area contributed by atoms with E-state index in [1.807, 2.05) is 18.9 Å². The monoisotopic (exact) mass is 243 g/mol. The minimum Gasteiger partial charge on any atom is -0.376 e. The highest BCUT2D eigenvalue weighted by molar-refractivity contribution is 7.80. The number of amides is 1. The summed E-state index contributed by atoms with van der Waals surface area (Å²) in [5.41, 5.74) is 0.219. The maximum absolute atomic E-state index is 12.1. The molecule has 4 heteroatoms. The number of thiol groups is 1. The molecule has 3 nitrogen and oxygen atoms in total. The molecule has 1 saturated carbocycles. The van der Waals surface area contributed by atoms with Gasteiger partial charge in [-0.15, -0.1) is 0 Å². The summed E-state index contributed by atoms with van der Waals surface area (Å²) in [6.07, 6.45) is 4.13. The molecule has 0 bridgehead atoms. The van der Waals surface area contributed by atoms with Gasteiger partial charge in [0.05, 0.1) is 12.1 Å². The van der Waals surface area contributed by atoms with Crippen molar-refractivity contribution in [1.29, 1.82) is 0 Å². The fourth-order valence-corrected chi connectivity index (χ4v) is 2.86. The molecule has 0 aromatic carbocycles. The lowest BCUT2D eigenvalue weighted by atomic mass is 10.0. The third-order valence-electron chi connectivity index (χ3n) is 4.05. The zero-order valence-corrected chi connectivity index (χ0v) is 11.0. The normalized spacial score (nSPS) is 31.4. The molecule has 0 aromatic rings. The van der Waals surface area contributed by atoms with Gasteiger partial charge in [-0.05, 0) is 37.4 Å². The Morgan fingerprint density at radius 1 is 1.56 bits per heavy atom. The number of rotatable bonds is 4. The molecule has 2 aliphatic rings. The Kier molecular flexibility index (Phi) is 3.50. The van der Waals surface area contributed by atoms with E-state index in [1.165, 1.54) is 0 Å². The summed E-state index contributed by atoms with van der Waals surface area (Å²) in [7, 11) is 1.91. The molecule has 2 fully saturated rings. The van der Waals surface area contributed by atoms with Crippen LogP contribution in [0.2, 0.25) is 0 Å². The molecule has 2 unspecified atom stereocenters. The highest BCUT2D eigenvalue weighted by Gasteiger charge is 2.44. The van der Waals surface area contributed by atoms with Crippen molar-refractivity contribution in [2.24, 2.45) is 5.41 Å². The molecule has 2 rings (SSSR count). The number of hydrogen-bond acceptors (Lipinski definition) is 3. The van der Waals surface area contributed by atoms with E-state index in [-0.39, 0.29) is 23.5 Å². The standard InChI is InChI=1S/C12H21NO2S/c1-9-10(3-6-15-9)13(2)11(14)7-12(8-16)4-5-12/h9-10,16H,3-8H2,1-2H3. The van der Waals surface area contributed by atoms with E-state index in [1.54, 1.807) is 0 Å². The molecular formula is C12H21NO2S. The molecule has 2 atom stereocenters. The number of carbonyl (C=O) groups excluding carboxylic acids is 1. The number of carbonyl (C=O) groups is 1. The van der Waals surface area contributed by atoms with Crippen molar-refractivity contribution < 1.29 is 9.53 Å². The quantitative estimate of drug-likeness (QED) is 0.762. The van der Waals surface area contributed by atoms with Crippen LogP contribution in [-0.2, 0) is 9.53 Å². The van der Waals surface area contributed by atoms with Gasteiger partial charge in [0.2, 0.25) is 5.91 Å². The Bertz CT molecular complexity index is 278. The van der Waals surface area contributed by atoms with Crippen molar-refractivity contribution in [3.05, 3.63) is 0 Å². The second kappa shape index (κ2) is 4.57. The number of ether oxygens (including phenoxy) is 1. The lowest BCUT2D eigenvalue weighted by molar-refractivity contribution is -0.134. The summed E-state index contributed by atoms with van der Waals surface area (Å²) >= 11 is 4.34. The van der Waals surface area contributed by atoms with Crippen LogP contribution in [0.5, 0.6) is 0 Å². The maximum Gasteiger partial charge on any atom is 0.223 e. The van der Waals surface area contributed by atoms with Crippen LogP contribution in [0.15, 0.2) is 0 Å². The van der Waals surface area contributed by atoms with E-state index in [4.69, 9.17) is 4.74 Å². The van der Waals surface area contributed by atoms with Gasteiger partial charge < -0.3 is 9.64 Å². The number of hydrogen-bond donors (Lipinski definition) is 1. The van der Waals surface area contributed by atoms with E-state index >= 15 is 0 Å². The first kappa shape index (κ1) is 12.2. The first-order valence-corrected chi connectivity index (χ1v) is 6.69. The number of nitrogens with zero attached hydrogens (tertiary/aromatic N) is 1. The van der Waals surface area contributed by atoms with Gasteiger partial charge in [-0.2, -0.15) is 12.6 Å². The highest BCUT2D eigenvalue weighted by Crippen LogP contribution is 2.49. The minimum absolute atomic E-state index is 0.181. The molecule has 0 aromatic heterocycles. The van der Waals surface area contributed by atoms with E-state index in [0.29, 0.717) is 6.42 Å². The van der Waals surface area contributed by atoms with Crippen LogP contribution >= 0.6 is 12.6 Å². The van der Waals surface area contributed by atoms with Gasteiger partial charge in [-0.1, -0.05) is 0 Å². The molecule has 1 aliphatic carbocycles. The average Bonchev–Trinajstić information content (AvgIpc) is 2.91. The third-order valence-corrected chi connectivity index (χ3v) is 4.72. The lowest BCUT2D eigenvalue weighted by Gasteiger charge is -2.28. The summed E-state index contributed by atoms with van der Waals surface area (Å²) in [6.45, 7) is 2.83. The third kappa shape index (κ3) is 2.38. The summed E-state index contributed by atoms with van der Waals surface area (Å²) in [6, 6.07) is 0.267. The Balaban J connectivity index is 1.89. The molecule has 0 radical (unpaired) electrons. The van der Waals surface area contributed by atoms with Crippen LogP contribution in [0.3, 0.4) is 0 Å². The molecule has 0 spiro atoms. The summed E-state index contributed by atoms with van der Waals surface area (Å²) in [5, 5.41) is 0. The van der Waals surface area contributed by atoms with Gasteiger partial charge >= 0.3 is 0 Å². The largest absolute Gasteiger partial charge is 0.376 e. The molecular weight excluding hydrogens is 222 g/mol. The van der Waals surface area contributed by atoms with Crippen LogP contribution in [-0.4, -0.2) is 42.4 Å². The van der Waals surface area contributed by atoms with Gasteiger partial charge in [0.25, 0.3) is 0 Å². The van der Waals surface area contributed by atoms with Crippen molar-refractivity contribution in [2.75, 3.05) is 19.4 Å². The van der Waals surface area contributed by atoms with Crippen LogP contribution in [0.1, 0.15) is 32.6 Å². The van der Waals surface area contributed by atoms with Gasteiger partial charge in [0, 0.05) is 20.1 Å². The predicted octanol–water partition coefficient (Wildman–Crippen LogP) is 1.72. The van der Waals surface area contributed by atoms with E-state index in [0.717, 1.165) is 31.6 Å². The topological polar surface area (TPSA) is 29.5 Å². The van der Waals surface area contributed by atoms with E-state index < -0.39 is 0 Å². The maximum atomic E-state index is 12.1. The molecule has 16 heavy (non-hydrogen) atoms. The zero-order chi connectivity index (χ0) is 11.8. The molecule has 1 heterocycles. The SMILES string of the molecule is CC1OCCC1N(C)C(=O)CC1(CS)CC1. The van der Waals surface area contributed by atoms with E-state index in [9.17, 15) is 4.79 Å². The summed E-state index contributed by atoms with van der Waals surface area (Å²) < 4.78 is 5.50. The van der Waals surface area contributed by atoms with Crippen molar-refractivity contribution in [3.63, 3.8) is 0 Å².